The van der Waals surface area contributed by atoms with E-state index in [1.165, 1.54) is 19.2 Å². The van der Waals surface area contributed by atoms with Crippen LogP contribution in [0.5, 0.6) is 5.75 Å². The van der Waals surface area contributed by atoms with Crippen molar-refractivity contribution in [3.63, 3.8) is 0 Å². The Hall–Kier alpha value is -1.33. The molecule has 0 bridgehead atoms. The second kappa shape index (κ2) is 7.45. The van der Waals surface area contributed by atoms with Crippen molar-refractivity contribution in [3.8, 4) is 5.75 Å². The third kappa shape index (κ3) is 3.61. The molecule has 0 unspecified atom stereocenters. The second-order valence-electron chi connectivity index (χ2n) is 4.75. The summed E-state index contributed by atoms with van der Waals surface area (Å²) in [5.74, 6) is -0.499. The number of nitrogens with one attached hydrogen (secondary N) is 1. The topological polar surface area (TPSA) is 41.6 Å². The molecule has 1 aromatic carbocycles. The van der Waals surface area contributed by atoms with Crippen LogP contribution in [0.4, 0.5) is 4.39 Å². The van der Waals surface area contributed by atoms with Gasteiger partial charge >= 0.3 is 0 Å². The van der Waals surface area contributed by atoms with Crippen molar-refractivity contribution in [1.82, 2.24) is 10.2 Å². The van der Waals surface area contributed by atoms with E-state index in [2.05, 4.69) is 5.32 Å². The smallest absolute Gasteiger partial charge is 0.253 e. The molecule has 1 aliphatic heterocycles. The number of amides is 1. The van der Waals surface area contributed by atoms with Crippen LogP contribution in [0.25, 0.3) is 0 Å². The summed E-state index contributed by atoms with van der Waals surface area (Å²) in [6.07, 6.45) is 1.86. The molecule has 0 aromatic heterocycles. The highest BCUT2D eigenvalue weighted by atomic mass is 35.5. The maximum absolute atomic E-state index is 13.6. The largest absolute Gasteiger partial charge is 0.494 e. The quantitative estimate of drug-likeness (QED) is 0.929. The Bertz CT molecular complexity index is 464. The molecule has 0 saturated carbocycles. The van der Waals surface area contributed by atoms with E-state index < -0.39 is 5.82 Å². The predicted molar refractivity (Wildman–Crippen MR) is 78.2 cm³/mol. The fourth-order valence-electron chi connectivity index (χ4n) is 2.36. The second-order valence-corrected chi connectivity index (χ2v) is 4.75. The number of hydrogen-bond acceptors (Lipinski definition) is 3. The van der Waals surface area contributed by atoms with Crippen LogP contribution in [0.15, 0.2) is 18.2 Å². The van der Waals surface area contributed by atoms with Gasteiger partial charge in [0.15, 0.2) is 11.6 Å². The first-order chi connectivity index (χ1) is 9.13. The van der Waals surface area contributed by atoms with Crippen LogP contribution in [0.3, 0.4) is 0 Å². The maximum atomic E-state index is 13.6. The zero-order chi connectivity index (χ0) is 13.8. The van der Waals surface area contributed by atoms with E-state index in [9.17, 15) is 9.18 Å². The molecule has 1 amide bonds. The number of benzene rings is 1. The molecule has 1 aromatic rings. The summed E-state index contributed by atoms with van der Waals surface area (Å²) in [5.41, 5.74) is 0.360. The number of nitrogens with zero attached hydrogens (tertiary/aromatic N) is 1. The summed E-state index contributed by atoms with van der Waals surface area (Å²) >= 11 is 0. The molecule has 0 aliphatic carbocycles. The molecule has 20 heavy (non-hydrogen) atoms. The number of rotatable bonds is 3. The molecule has 0 atom stereocenters. The number of hydrogen-bond donors (Lipinski definition) is 1. The number of methoxy groups -OCH3 is 1. The van der Waals surface area contributed by atoms with Gasteiger partial charge in [0, 0.05) is 18.7 Å². The van der Waals surface area contributed by atoms with Gasteiger partial charge in [-0.15, -0.1) is 12.4 Å². The van der Waals surface area contributed by atoms with Gasteiger partial charge in [-0.05, 0) is 44.1 Å². The van der Waals surface area contributed by atoms with Crippen molar-refractivity contribution in [2.75, 3.05) is 27.2 Å². The Morgan fingerprint density at radius 3 is 2.60 bits per heavy atom. The fraction of sp³-hybridized carbons (Fsp3) is 0.500. The summed E-state index contributed by atoms with van der Waals surface area (Å²) in [6.45, 7) is 1.83. The molecular weight excluding hydrogens is 283 g/mol. The Kier molecular flexibility index (Phi) is 6.23. The molecule has 1 aliphatic rings. The summed E-state index contributed by atoms with van der Waals surface area (Å²) in [7, 11) is 3.18. The Morgan fingerprint density at radius 2 is 2.05 bits per heavy atom. The maximum Gasteiger partial charge on any atom is 0.253 e. The minimum Gasteiger partial charge on any atom is -0.494 e. The first kappa shape index (κ1) is 16.7. The lowest BCUT2D eigenvalue weighted by atomic mass is 10.0. The third-order valence-corrected chi connectivity index (χ3v) is 3.58. The fourth-order valence-corrected chi connectivity index (χ4v) is 2.36. The molecule has 0 radical (unpaired) electrons. The number of piperidine rings is 1. The molecule has 1 N–H and O–H groups in total. The highest BCUT2D eigenvalue weighted by Gasteiger charge is 2.23. The first-order valence-corrected chi connectivity index (χ1v) is 6.45. The van der Waals surface area contributed by atoms with Gasteiger partial charge in [0.05, 0.1) is 7.11 Å². The van der Waals surface area contributed by atoms with Crippen LogP contribution in [0.1, 0.15) is 23.2 Å². The van der Waals surface area contributed by atoms with Crippen molar-refractivity contribution in [2.24, 2.45) is 0 Å². The molecule has 4 nitrogen and oxygen atoms in total. The van der Waals surface area contributed by atoms with E-state index >= 15 is 0 Å². The van der Waals surface area contributed by atoms with Gasteiger partial charge < -0.3 is 15.0 Å². The van der Waals surface area contributed by atoms with Crippen molar-refractivity contribution < 1.29 is 13.9 Å². The SMILES string of the molecule is COc1ccc(C(=O)N(C)C2CCNCC2)cc1F.Cl. The molecule has 1 fully saturated rings. The van der Waals surface area contributed by atoms with Crippen LogP contribution in [-0.4, -0.2) is 44.1 Å². The Balaban J connectivity index is 0.00000200. The van der Waals surface area contributed by atoms with E-state index in [1.54, 1.807) is 18.0 Å². The lowest BCUT2D eigenvalue weighted by Gasteiger charge is -2.31. The molecule has 6 heteroatoms. The standard InChI is InChI=1S/C14H19FN2O2.ClH/c1-17(11-5-7-16-8-6-11)14(18)10-3-4-13(19-2)12(15)9-10;/h3-4,9,11,16H,5-8H2,1-2H3;1H. The van der Waals surface area contributed by atoms with Crippen molar-refractivity contribution >= 4 is 18.3 Å². The van der Waals surface area contributed by atoms with Gasteiger partial charge in [0.2, 0.25) is 0 Å². The van der Waals surface area contributed by atoms with E-state index in [0.29, 0.717) is 5.56 Å². The zero-order valence-electron chi connectivity index (χ0n) is 11.7. The van der Waals surface area contributed by atoms with Gasteiger partial charge in [-0.3, -0.25) is 4.79 Å². The van der Waals surface area contributed by atoms with E-state index in [1.807, 2.05) is 0 Å². The van der Waals surface area contributed by atoms with Gasteiger partial charge in [-0.25, -0.2) is 4.39 Å². The van der Waals surface area contributed by atoms with Gasteiger partial charge in [-0.2, -0.15) is 0 Å². The lowest BCUT2D eigenvalue weighted by Crippen LogP contribution is -2.43. The van der Waals surface area contributed by atoms with E-state index in [4.69, 9.17) is 4.74 Å². The van der Waals surface area contributed by atoms with Crippen LogP contribution in [-0.2, 0) is 0 Å². The third-order valence-electron chi connectivity index (χ3n) is 3.58. The van der Waals surface area contributed by atoms with Crippen molar-refractivity contribution in [1.29, 1.82) is 0 Å². The number of carbonyl (C=O) groups is 1. The molecule has 1 heterocycles. The number of halogens is 2. The molecule has 112 valence electrons. The van der Waals surface area contributed by atoms with Crippen LogP contribution in [0.2, 0.25) is 0 Å². The number of ether oxygens (including phenoxy) is 1. The lowest BCUT2D eigenvalue weighted by molar-refractivity contribution is 0.0702. The van der Waals surface area contributed by atoms with Gasteiger partial charge in [0.1, 0.15) is 0 Å². The Labute approximate surface area is 124 Å². The first-order valence-electron chi connectivity index (χ1n) is 6.45. The highest BCUT2D eigenvalue weighted by Crippen LogP contribution is 2.20. The molecule has 2 rings (SSSR count). The molecule has 0 spiro atoms. The van der Waals surface area contributed by atoms with Gasteiger partial charge in [-0.1, -0.05) is 0 Å². The summed E-state index contributed by atoms with van der Waals surface area (Å²) in [5, 5.41) is 3.26. The summed E-state index contributed by atoms with van der Waals surface area (Å²) < 4.78 is 18.5. The minimum absolute atomic E-state index is 0. The van der Waals surface area contributed by atoms with Crippen molar-refractivity contribution in [2.45, 2.75) is 18.9 Å². The van der Waals surface area contributed by atoms with Crippen LogP contribution < -0.4 is 10.1 Å². The predicted octanol–water partition coefficient (Wildman–Crippen LogP) is 2.08. The van der Waals surface area contributed by atoms with E-state index in [-0.39, 0.29) is 30.1 Å². The Morgan fingerprint density at radius 1 is 1.40 bits per heavy atom. The average Bonchev–Trinajstić information content (AvgIpc) is 2.46. The monoisotopic (exact) mass is 302 g/mol. The van der Waals surface area contributed by atoms with Crippen LogP contribution in [0, 0.1) is 5.82 Å². The highest BCUT2D eigenvalue weighted by molar-refractivity contribution is 5.94. The minimum atomic E-state index is -0.507. The van der Waals surface area contributed by atoms with Gasteiger partial charge in [0.25, 0.3) is 5.91 Å². The molecule has 1 saturated heterocycles. The summed E-state index contributed by atoms with van der Waals surface area (Å²) in [6, 6.07) is 4.54. The van der Waals surface area contributed by atoms with Crippen molar-refractivity contribution in [3.05, 3.63) is 29.6 Å². The average molecular weight is 303 g/mol. The van der Waals surface area contributed by atoms with E-state index in [0.717, 1.165) is 25.9 Å². The van der Waals surface area contributed by atoms with Crippen LogP contribution >= 0.6 is 12.4 Å². The number of carbonyl (C=O) groups excluding carboxylic acids is 1. The normalized spacial score (nSPS) is 15.3. The zero-order valence-corrected chi connectivity index (χ0v) is 12.5. The molecular formula is C14H20ClFN2O2. The summed E-state index contributed by atoms with van der Waals surface area (Å²) in [4.78, 5) is 14.0.